The Morgan fingerprint density at radius 1 is 1.11 bits per heavy atom. The molecule has 0 spiro atoms. The molecule has 0 aliphatic heterocycles. The van der Waals surface area contributed by atoms with Crippen molar-refractivity contribution >= 4 is 22.7 Å². The number of hydrogen-bond donors (Lipinski definition) is 1. The molecule has 0 saturated carbocycles. The smallest absolute Gasteiger partial charge is 0.116 e. The van der Waals surface area contributed by atoms with Crippen molar-refractivity contribution in [1.82, 2.24) is 15.0 Å². The minimum atomic E-state index is 0.500. The maximum Gasteiger partial charge on any atom is 0.116 e. The second-order valence-electron chi connectivity index (χ2n) is 3.99. The summed E-state index contributed by atoms with van der Waals surface area (Å²) >= 11 is 1.51. The Morgan fingerprint density at radius 2 is 2.00 bits per heavy atom. The standard InChI is InChI=1S/C14H12N4S/c15-8-10-7-14(19-13-5-6-16-9-17-13)18-12-4-2-1-3-11(10)12/h1-7,9H,8,15H2. The van der Waals surface area contributed by atoms with Gasteiger partial charge in [0.25, 0.3) is 0 Å². The third-order valence-electron chi connectivity index (χ3n) is 2.76. The number of nitrogens with zero attached hydrogens (tertiary/aromatic N) is 3. The molecule has 3 rings (SSSR count). The summed E-state index contributed by atoms with van der Waals surface area (Å²) in [4.78, 5) is 12.7. The van der Waals surface area contributed by atoms with Gasteiger partial charge in [-0.25, -0.2) is 15.0 Å². The number of fused-ring (bicyclic) bond motifs is 1. The Morgan fingerprint density at radius 3 is 2.79 bits per heavy atom. The normalized spacial score (nSPS) is 10.8. The zero-order chi connectivity index (χ0) is 13.1. The molecule has 1 aromatic carbocycles. The van der Waals surface area contributed by atoms with Crippen LogP contribution in [0, 0.1) is 0 Å². The van der Waals surface area contributed by atoms with Crippen molar-refractivity contribution in [2.24, 2.45) is 5.73 Å². The number of benzene rings is 1. The van der Waals surface area contributed by atoms with Crippen molar-refractivity contribution in [2.45, 2.75) is 16.6 Å². The van der Waals surface area contributed by atoms with E-state index in [-0.39, 0.29) is 0 Å². The van der Waals surface area contributed by atoms with Crippen LogP contribution < -0.4 is 5.73 Å². The molecule has 94 valence electrons. The molecule has 2 aromatic heterocycles. The number of nitrogens with two attached hydrogens (primary N) is 1. The van der Waals surface area contributed by atoms with Gasteiger partial charge in [0.05, 0.1) is 5.52 Å². The van der Waals surface area contributed by atoms with Crippen molar-refractivity contribution in [3.63, 3.8) is 0 Å². The van der Waals surface area contributed by atoms with Gasteiger partial charge >= 0.3 is 0 Å². The van der Waals surface area contributed by atoms with E-state index in [9.17, 15) is 0 Å². The number of rotatable bonds is 3. The lowest BCUT2D eigenvalue weighted by Gasteiger charge is -2.07. The van der Waals surface area contributed by atoms with Crippen LogP contribution in [-0.2, 0) is 6.54 Å². The molecule has 2 heterocycles. The van der Waals surface area contributed by atoms with Crippen molar-refractivity contribution in [2.75, 3.05) is 0 Å². The van der Waals surface area contributed by atoms with E-state index in [4.69, 9.17) is 5.73 Å². The predicted octanol–water partition coefficient (Wildman–Crippen LogP) is 2.63. The zero-order valence-corrected chi connectivity index (χ0v) is 11.0. The minimum absolute atomic E-state index is 0.500. The van der Waals surface area contributed by atoms with Crippen molar-refractivity contribution in [3.05, 3.63) is 54.5 Å². The van der Waals surface area contributed by atoms with E-state index in [0.717, 1.165) is 26.5 Å². The van der Waals surface area contributed by atoms with Crippen molar-refractivity contribution in [3.8, 4) is 0 Å². The van der Waals surface area contributed by atoms with Crippen LogP contribution in [0.15, 0.2) is 59.0 Å². The molecule has 0 saturated heterocycles. The van der Waals surface area contributed by atoms with Gasteiger partial charge in [-0.3, -0.25) is 0 Å². The van der Waals surface area contributed by atoms with E-state index < -0.39 is 0 Å². The lowest BCUT2D eigenvalue weighted by atomic mass is 10.1. The fourth-order valence-corrected chi connectivity index (χ4v) is 2.68. The summed E-state index contributed by atoms with van der Waals surface area (Å²) in [7, 11) is 0. The lowest BCUT2D eigenvalue weighted by molar-refractivity contribution is 1.03. The number of hydrogen-bond acceptors (Lipinski definition) is 5. The van der Waals surface area contributed by atoms with Crippen LogP contribution in [0.1, 0.15) is 5.56 Å². The molecule has 0 unspecified atom stereocenters. The Bertz CT molecular complexity index is 700. The molecule has 0 aliphatic rings. The highest BCUT2D eigenvalue weighted by molar-refractivity contribution is 7.99. The highest BCUT2D eigenvalue weighted by Gasteiger charge is 2.06. The molecule has 3 aromatic rings. The van der Waals surface area contributed by atoms with E-state index in [0.29, 0.717) is 6.54 Å². The minimum Gasteiger partial charge on any atom is -0.326 e. The topological polar surface area (TPSA) is 64.7 Å². The second kappa shape index (κ2) is 5.34. The Labute approximate surface area is 115 Å². The molecule has 0 radical (unpaired) electrons. The number of aromatic nitrogens is 3. The average Bonchev–Trinajstić information content (AvgIpc) is 2.47. The Balaban J connectivity index is 2.05. The maximum atomic E-state index is 5.82. The third kappa shape index (κ3) is 2.57. The molecule has 0 atom stereocenters. The summed E-state index contributed by atoms with van der Waals surface area (Å²) in [5.74, 6) is 0. The Kier molecular flexibility index (Phi) is 3.39. The van der Waals surface area contributed by atoms with Crippen LogP contribution >= 0.6 is 11.8 Å². The third-order valence-corrected chi connectivity index (χ3v) is 3.63. The molecular formula is C14H12N4S. The lowest BCUT2D eigenvalue weighted by Crippen LogP contribution is -1.99. The van der Waals surface area contributed by atoms with E-state index in [1.807, 2.05) is 36.4 Å². The fraction of sp³-hybridized carbons (Fsp3) is 0.0714. The molecule has 0 bridgehead atoms. The second-order valence-corrected chi connectivity index (χ2v) is 5.03. The van der Waals surface area contributed by atoms with Crippen LogP contribution in [0.25, 0.3) is 10.9 Å². The van der Waals surface area contributed by atoms with Gasteiger partial charge in [-0.15, -0.1) is 0 Å². The monoisotopic (exact) mass is 268 g/mol. The van der Waals surface area contributed by atoms with Crippen molar-refractivity contribution in [1.29, 1.82) is 0 Å². The van der Waals surface area contributed by atoms with Gasteiger partial charge in [0.2, 0.25) is 0 Å². The largest absolute Gasteiger partial charge is 0.326 e. The Hall–Kier alpha value is -1.98. The molecule has 0 amide bonds. The summed E-state index contributed by atoms with van der Waals surface area (Å²) in [6.07, 6.45) is 3.26. The first-order valence-electron chi connectivity index (χ1n) is 5.89. The van der Waals surface area contributed by atoms with E-state index in [2.05, 4.69) is 15.0 Å². The fourth-order valence-electron chi connectivity index (χ4n) is 1.89. The summed E-state index contributed by atoms with van der Waals surface area (Å²) < 4.78 is 0. The van der Waals surface area contributed by atoms with Crippen LogP contribution in [0.3, 0.4) is 0 Å². The van der Waals surface area contributed by atoms with Crippen LogP contribution in [0.5, 0.6) is 0 Å². The summed E-state index contributed by atoms with van der Waals surface area (Å²) in [5, 5.41) is 2.88. The van der Waals surface area contributed by atoms with Gasteiger partial charge < -0.3 is 5.73 Å². The van der Waals surface area contributed by atoms with Crippen molar-refractivity contribution < 1.29 is 0 Å². The van der Waals surface area contributed by atoms with Gasteiger partial charge in [0.1, 0.15) is 16.4 Å². The number of pyridine rings is 1. The van der Waals surface area contributed by atoms with E-state index in [1.54, 1.807) is 6.20 Å². The average molecular weight is 268 g/mol. The van der Waals surface area contributed by atoms with Crippen LogP contribution in [0.2, 0.25) is 0 Å². The first kappa shape index (κ1) is 12.1. The van der Waals surface area contributed by atoms with Crippen LogP contribution in [0.4, 0.5) is 0 Å². The molecule has 0 aliphatic carbocycles. The first-order valence-corrected chi connectivity index (χ1v) is 6.71. The van der Waals surface area contributed by atoms with Gasteiger partial charge in [-0.05, 0) is 35.5 Å². The molecule has 2 N–H and O–H groups in total. The van der Waals surface area contributed by atoms with Gasteiger partial charge in [-0.2, -0.15) is 0 Å². The van der Waals surface area contributed by atoms with Crippen LogP contribution in [-0.4, -0.2) is 15.0 Å². The van der Waals surface area contributed by atoms with Gasteiger partial charge in [0, 0.05) is 18.1 Å². The molecule has 0 fully saturated rings. The molecule has 4 nitrogen and oxygen atoms in total. The quantitative estimate of drug-likeness (QED) is 0.740. The highest BCUT2D eigenvalue weighted by Crippen LogP contribution is 2.27. The van der Waals surface area contributed by atoms with Gasteiger partial charge in [0.15, 0.2) is 0 Å². The zero-order valence-electron chi connectivity index (χ0n) is 10.2. The number of para-hydroxylation sites is 1. The molecule has 5 heteroatoms. The SMILES string of the molecule is NCc1cc(Sc2ccncn2)nc2ccccc12. The summed E-state index contributed by atoms with van der Waals surface area (Å²) in [6.45, 7) is 0.500. The maximum absolute atomic E-state index is 5.82. The first-order chi connectivity index (χ1) is 9.36. The predicted molar refractivity (Wildman–Crippen MR) is 75.8 cm³/mol. The molecule has 19 heavy (non-hydrogen) atoms. The van der Waals surface area contributed by atoms with E-state index >= 15 is 0 Å². The molecular weight excluding hydrogens is 256 g/mol. The van der Waals surface area contributed by atoms with E-state index in [1.165, 1.54) is 18.1 Å². The summed E-state index contributed by atoms with van der Waals surface area (Å²) in [6, 6.07) is 11.9. The highest BCUT2D eigenvalue weighted by atomic mass is 32.2. The van der Waals surface area contributed by atoms with Gasteiger partial charge in [-0.1, -0.05) is 18.2 Å². The summed E-state index contributed by atoms with van der Waals surface area (Å²) in [5.41, 5.74) is 7.87.